The molecule has 2 aromatic carbocycles. The summed E-state index contributed by atoms with van der Waals surface area (Å²) in [4.78, 5) is 20.2. The fourth-order valence-electron chi connectivity index (χ4n) is 3.49. The Morgan fingerprint density at radius 1 is 1.07 bits per heavy atom. The summed E-state index contributed by atoms with van der Waals surface area (Å²) in [6.45, 7) is 2.46. The highest BCUT2D eigenvalue weighted by molar-refractivity contribution is 6.35. The number of benzene rings is 2. The van der Waals surface area contributed by atoms with Gasteiger partial charge in [0.15, 0.2) is 5.82 Å². The Morgan fingerprint density at radius 2 is 1.83 bits per heavy atom. The zero-order valence-corrected chi connectivity index (χ0v) is 16.3. The van der Waals surface area contributed by atoms with Gasteiger partial charge in [-0.15, -0.1) is 0 Å². The molecule has 1 saturated heterocycles. The van der Waals surface area contributed by atoms with Crippen molar-refractivity contribution >= 4 is 39.8 Å². The van der Waals surface area contributed by atoms with Crippen molar-refractivity contribution in [3.8, 4) is 0 Å². The SMILES string of the molecule is O=C(CN1CCN(c2ccc3c(Cl)ccnc3c2F)CC1)Nc1ccccc1F. The Kier molecular flexibility index (Phi) is 5.60. The maximum atomic E-state index is 14.9. The number of aromatic nitrogens is 1. The monoisotopic (exact) mass is 416 g/mol. The second-order valence-electron chi connectivity index (χ2n) is 6.88. The number of hydrogen-bond acceptors (Lipinski definition) is 4. The molecule has 4 rings (SSSR count). The number of pyridine rings is 1. The molecule has 1 aliphatic rings. The van der Waals surface area contributed by atoms with E-state index < -0.39 is 11.6 Å². The van der Waals surface area contributed by atoms with Crippen LogP contribution < -0.4 is 10.2 Å². The number of amides is 1. The van der Waals surface area contributed by atoms with Crippen LogP contribution in [0.2, 0.25) is 5.02 Å². The van der Waals surface area contributed by atoms with Crippen LogP contribution in [0, 0.1) is 11.6 Å². The molecule has 0 saturated carbocycles. The summed E-state index contributed by atoms with van der Waals surface area (Å²) >= 11 is 6.11. The van der Waals surface area contributed by atoms with Gasteiger partial charge in [-0.3, -0.25) is 14.7 Å². The molecular weight excluding hydrogens is 398 g/mol. The lowest BCUT2D eigenvalue weighted by Crippen LogP contribution is -2.49. The Balaban J connectivity index is 1.38. The summed E-state index contributed by atoms with van der Waals surface area (Å²) in [5.41, 5.74) is 0.893. The van der Waals surface area contributed by atoms with Crippen LogP contribution in [0.4, 0.5) is 20.2 Å². The van der Waals surface area contributed by atoms with Gasteiger partial charge in [-0.1, -0.05) is 23.7 Å². The number of carbonyl (C=O) groups is 1. The van der Waals surface area contributed by atoms with Gasteiger partial charge in [0, 0.05) is 37.8 Å². The third-order valence-corrected chi connectivity index (χ3v) is 5.34. The molecule has 1 aromatic heterocycles. The minimum absolute atomic E-state index is 0.152. The van der Waals surface area contributed by atoms with E-state index in [1.807, 2.05) is 9.80 Å². The van der Waals surface area contributed by atoms with E-state index in [4.69, 9.17) is 11.6 Å². The van der Waals surface area contributed by atoms with Gasteiger partial charge >= 0.3 is 0 Å². The minimum Gasteiger partial charge on any atom is -0.367 e. The van der Waals surface area contributed by atoms with Crippen LogP contribution in [0.1, 0.15) is 0 Å². The van der Waals surface area contributed by atoms with Gasteiger partial charge in [-0.05, 0) is 30.3 Å². The van der Waals surface area contributed by atoms with E-state index in [0.717, 1.165) is 0 Å². The van der Waals surface area contributed by atoms with E-state index in [0.29, 0.717) is 42.3 Å². The molecule has 0 spiro atoms. The normalized spacial score (nSPS) is 14.9. The van der Waals surface area contributed by atoms with Gasteiger partial charge in [0.1, 0.15) is 11.3 Å². The zero-order valence-electron chi connectivity index (χ0n) is 15.5. The number of nitrogens with zero attached hydrogens (tertiary/aromatic N) is 3. The van der Waals surface area contributed by atoms with Gasteiger partial charge in [-0.2, -0.15) is 0 Å². The third kappa shape index (κ3) is 4.16. The fourth-order valence-corrected chi connectivity index (χ4v) is 3.70. The molecule has 0 unspecified atom stereocenters. The predicted octanol–water partition coefficient (Wildman–Crippen LogP) is 3.93. The number of anilines is 2. The molecular formula is C21H19ClF2N4O. The van der Waals surface area contributed by atoms with E-state index in [1.54, 1.807) is 30.3 Å². The van der Waals surface area contributed by atoms with Crippen LogP contribution in [0.25, 0.3) is 10.9 Å². The molecule has 1 aliphatic heterocycles. The molecule has 8 heteroatoms. The van der Waals surface area contributed by atoms with Crippen molar-refractivity contribution in [2.75, 3.05) is 42.9 Å². The van der Waals surface area contributed by atoms with Crippen molar-refractivity contribution in [3.63, 3.8) is 0 Å². The Hall–Kier alpha value is -2.77. The minimum atomic E-state index is -0.467. The molecule has 1 amide bonds. The van der Waals surface area contributed by atoms with Crippen molar-refractivity contribution in [3.05, 3.63) is 65.3 Å². The standard InChI is InChI=1S/C21H19ClF2N4O/c22-15-7-8-25-21-14(15)5-6-18(20(21)24)28-11-9-27(10-12-28)13-19(29)26-17-4-2-1-3-16(17)23/h1-8H,9-13H2,(H,26,29). The lowest BCUT2D eigenvalue weighted by Gasteiger charge is -2.35. The maximum absolute atomic E-state index is 14.9. The number of piperazine rings is 1. The van der Waals surface area contributed by atoms with Gasteiger partial charge in [-0.25, -0.2) is 8.78 Å². The zero-order chi connectivity index (χ0) is 20.4. The van der Waals surface area contributed by atoms with Gasteiger partial charge < -0.3 is 10.2 Å². The highest BCUT2D eigenvalue weighted by atomic mass is 35.5. The molecule has 29 heavy (non-hydrogen) atoms. The largest absolute Gasteiger partial charge is 0.367 e. The van der Waals surface area contributed by atoms with E-state index in [2.05, 4.69) is 10.3 Å². The summed E-state index contributed by atoms with van der Waals surface area (Å²) < 4.78 is 28.6. The number of carbonyl (C=O) groups excluding carboxylic acids is 1. The van der Waals surface area contributed by atoms with E-state index >= 15 is 0 Å². The summed E-state index contributed by atoms with van der Waals surface area (Å²) in [5, 5.41) is 3.63. The number of para-hydroxylation sites is 1. The molecule has 0 atom stereocenters. The van der Waals surface area contributed by atoms with Crippen molar-refractivity contribution < 1.29 is 13.6 Å². The lowest BCUT2D eigenvalue weighted by atomic mass is 10.1. The first kappa shape index (κ1) is 19.5. The Labute approximate surface area is 171 Å². The summed E-state index contributed by atoms with van der Waals surface area (Å²) in [6.07, 6.45) is 1.49. The molecule has 1 N–H and O–H groups in total. The Morgan fingerprint density at radius 3 is 2.59 bits per heavy atom. The Bertz CT molecular complexity index is 1050. The maximum Gasteiger partial charge on any atom is 0.238 e. The van der Waals surface area contributed by atoms with E-state index in [-0.39, 0.29) is 23.7 Å². The average Bonchev–Trinajstić information content (AvgIpc) is 2.71. The molecule has 5 nitrogen and oxygen atoms in total. The first-order chi connectivity index (χ1) is 14.0. The van der Waals surface area contributed by atoms with Crippen molar-refractivity contribution in [2.45, 2.75) is 0 Å². The molecule has 0 aliphatic carbocycles. The van der Waals surface area contributed by atoms with Gasteiger partial charge in [0.2, 0.25) is 5.91 Å². The molecule has 0 bridgehead atoms. The van der Waals surface area contributed by atoms with Gasteiger partial charge in [0.25, 0.3) is 0 Å². The topological polar surface area (TPSA) is 48.5 Å². The third-order valence-electron chi connectivity index (χ3n) is 5.01. The van der Waals surface area contributed by atoms with Crippen LogP contribution in [-0.4, -0.2) is 48.5 Å². The smallest absolute Gasteiger partial charge is 0.238 e. The number of fused-ring (bicyclic) bond motifs is 1. The number of halogens is 3. The van der Waals surface area contributed by atoms with Crippen LogP contribution in [0.3, 0.4) is 0 Å². The molecule has 2 heterocycles. The van der Waals surface area contributed by atoms with Crippen LogP contribution in [0.15, 0.2) is 48.7 Å². The first-order valence-corrected chi connectivity index (χ1v) is 9.65. The quantitative estimate of drug-likeness (QED) is 0.700. The second-order valence-corrected chi connectivity index (χ2v) is 7.29. The number of nitrogens with one attached hydrogen (secondary N) is 1. The number of rotatable bonds is 4. The molecule has 1 fully saturated rings. The van der Waals surface area contributed by atoms with E-state index in [9.17, 15) is 13.6 Å². The van der Waals surface area contributed by atoms with Crippen molar-refractivity contribution in [1.29, 1.82) is 0 Å². The van der Waals surface area contributed by atoms with Crippen LogP contribution in [0.5, 0.6) is 0 Å². The van der Waals surface area contributed by atoms with E-state index in [1.165, 1.54) is 18.3 Å². The molecule has 0 radical (unpaired) electrons. The van der Waals surface area contributed by atoms with Crippen LogP contribution >= 0.6 is 11.6 Å². The summed E-state index contributed by atoms with van der Waals surface area (Å²) in [5.74, 6) is -1.14. The molecule has 150 valence electrons. The van der Waals surface area contributed by atoms with Gasteiger partial charge in [0.05, 0.1) is 22.9 Å². The second kappa shape index (κ2) is 8.31. The highest BCUT2D eigenvalue weighted by Gasteiger charge is 2.22. The summed E-state index contributed by atoms with van der Waals surface area (Å²) in [7, 11) is 0. The average molecular weight is 417 g/mol. The lowest BCUT2D eigenvalue weighted by molar-refractivity contribution is -0.117. The first-order valence-electron chi connectivity index (χ1n) is 9.27. The summed E-state index contributed by atoms with van der Waals surface area (Å²) in [6, 6.07) is 11.2. The highest BCUT2D eigenvalue weighted by Crippen LogP contribution is 2.30. The van der Waals surface area contributed by atoms with Crippen LogP contribution in [-0.2, 0) is 4.79 Å². The predicted molar refractivity (Wildman–Crippen MR) is 110 cm³/mol. The number of hydrogen-bond donors (Lipinski definition) is 1. The van der Waals surface area contributed by atoms with Crippen molar-refractivity contribution in [1.82, 2.24) is 9.88 Å². The molecule has 3 aromatic rings. The van der Waals surface area contributed by atoms with Crippen molar-refractivity contribution in [2.24, 2.45) is 0 Å². The fraction of sp³-hybridized carbons (Fsp3) is 0.238.